The summed E-state index contributed by atoms with van der Waals surface area (Å²) in [5.41, 5.74) is -1.37. The first-order chi connectivity index (χ1) is 18.9. The lowest BCUT2D eigenvalue weighted by Gasteiger charge is -2.18. The van der Waals surface area contributed by atoms with Gasteiger partial charge in [0.25, 0.3) is 5.91 Å². The van der Waals surface area contributed by atoms with E-state index in [1.54, 1.807) is 24.3 Å². The summed E-state index contributed by atoms with van der Waals surface area (Å²) in [6.45, 7) is -0.141. The zero-order valence-electron chi connectivity index (χ0n) is 20.4. The average Bonchev–Trinajstić information content (AvgIpc) is 3.39. The van der Waals surface area contributed by atoms with Gasteiger partial charge in [-0.3, -0.25) is 10.1 Å². The van der Waals surface area contributed by atoms with Crippen LogP contribution >= 0.6 is 12.2 Å². The molecule has 2 N–H and O–H groups in total. The number of alkyl halides is 6. The molecule has 1 fully saturated rings. The van der Waals surface area contributed by atoms with Crippen molar-refractivity contribution < 1.29 is 35.9 Å². The van der Waals surface area contributed by atoms with E-state index in [4.69, 9.17) is 17.0 Å². The number of carbonyl (C=O) groups is 1. The van der Waals surface area contributed by atoms with Crippen LogP contribution in [-0.4, -0.2) is 15.6 Å². The van der Waals surface area contributed by atoms with E-state index >= 15 is 0 Å². The highest BCUT2D eigenvalue weighted by atomic mass is 32.1. The van der Waals surface area contributed by atoms with E-state index in [9.17, 15) is 31.1 Å². The summed E-state index contributed by atoms with van der Waals surface area (Å²) in [5.74, 6) is -0.0321. The van der Waals surface area contributed by atoms with Gasteiger partial charge >= 0.3 is 12.4 Å². The van der Waals surface area contributed by atoms with E-state index in [-0.39, 0.29) is 29.0 Å². The van der Waals surface area contributed by atoms with Crippen molar-refractivity contribution in [2.45, 2.75) is 25.5 Å². The minimum Gasteiger partial charge on any atom is -0.489 e. The monoisotopic (exact) mass is 575 g/mol. The van der Waals surface area contributed by atoms with Gasteiger partial charge in [-0.1, -0.05) is 36.4 Å². The zero-order chi connectivity index (χ0) is 28.7. The van der Waals surface area contributed by atoms with E-state index < -0.39 is 35.9 Å². The molecule has 1 amide bonds. The van der Waals surface area contributed by atoms with Crippen LogP contribution in [0.15, 0.2) is 78.5 Å². The molecule has 206 valence electrons. The van der Waals surface area contributed by atoms with Crippen molar-refractivity contribution in [2.75, 3.05) is 0 Å². The molecular weight excluding hydrogens is 556 g/mol. The summed E-state index contributed by atoms with van der Waals surface area (Å²) in [6.07, 6.45) is -8.56. The zero-order valence-corrected chi connectivity index (χ0v) is 21.2. The number of nitrogens with one attached hydrogen (secondary N) is 2. The maximum atomic E-state index is 13.9. The number of halogens is 6. The third kappa shape index (κ3) is 5.81. The van der Waals surface area contributed by atoms with Crippen molar-refractivity contribution >= 4 is 40.2 Å². The van der Waals surface area contributed by atoms with Crippen LogP contribution in [-0.2, 0) is 30.3 Å². The molecule has 2 heterocycles. The Morgan fingerprint density at radius 1 is 0.875 bits per heavy atom. The van der Waals surface area contributed by atoms with Gasteiger partial charge in [-0.15, -0.1) is 0 Å². The number of thiocarbonyl (C=S) groups is 1. The fraction of sp³-hybridized carbons (Fsp3) is 0.143. The van der Waals surface area contributed by atoms with Crippen LogP contribution in [0.3, 0.4) is 0 Å². The average molecular weight is 576 g/mol. The molecule has 0 atom stereocenters. The second kappa shape index (κ2) is 10.3. The van der Waals surface area contributed by atoms with Gasteiger partial charge in [0.2, 0.25) is 0 Å². The molecule has 40 heavy (non-hydrogen) atoms. The summed E-state index contributed by atoms with van der Waals surface area (Å²) in [7, 11) is 0. The molecule has 0 saturated carbocycles. The number of hydrogen-bond acceptors (Lipinski definition) is 3. The molecule has 0 unspecified atom stereocenters. The molecular formula is C28H19F6N3O2S. The smallest absolute Gasteiger partial charge is 0.416 e. The van der Waals surface area contributed by atoms with Crippen LogP contribution in [0.2, 0.25) is 0 Å². The number of amides is 1. The number of hydrogen-bond donors (Lipinski definition) is 2. The van der Waals surface area contributed by atoms with Crippen molar-refractivity contribution in [1.29, 1.82) is 0 Å². The summed E-state index contributed by atoms with van der Waals surface area (Å²) in [4.78, 5) is 12.3. The van der Waals surface area contributed by atoms with Crippen LogP contribution in [0.1, 0.15) is 27.9 Å². The summed E-state index contributed by atoms with van der Waals surface area (Å²) in [5, 5.41) is 5.74. The van der Waals surface area contributed by atoms with Gasteiger partial charge < -0.3 is 14.6 Å². The van der Waals surface area contributed by atoms with Crippen LogP contribution in [0.4, 0.5) is 26.3 Å². The van der Waals surface area contributed by atoms with Crippen molar-refractivity contribution in [1.82, 2.24) is 15.2 Å². The van der Waals surface area contributed by atoms with Gasteiger partial charge in [0, 0.05) is 23.1 Å². The Kier molecular flexibility index (Phi) is 7.05. The van der Waals surface area contributed by atoms with Gasteiger partial charge in [0.1, 0.15) is 18.1 Å². The van der Waals surface area contributed by atoms with Crippen molar-refractivity contribution in [3.05, 3.63) is 106 Å². The Bertz CT molecular complexity index is 1640. The molecule has 5 nitrogen and oxygen atoms in total. The van der Waals surface area contributed by atoms with Gasteiger partial charge in [-0.25, -0.2) is 0 Å². The molecule has 1 aromatic heterocycles. The predicted molar refractivity (Wildman–Crippen MR) is 140 cm³/mol. The van der Waals surface area contributed by atoms with Gasteiger partial charge in [-0.05, 0) is 65.8 Å². The summed E-state index contributed by atoms with van der Waals surface area (Å²) in [6, 6.07) is 17.6. The van der Waals surface area contributed by atoms with Gasteiger partial charge in [0.05, 0.1) is 11.1 Å². The molecule has 1 aliphatic heterocycles. The van der Waals surface area contributed by atoms with Crippen LogP contribution in [0, 0.1) is 0 Å². The minimum atomic E-state index is -5.03. The molecule has 1 saturated heterocycles. The van der Waals surface area contributed by atoms with E-state index in [1.807, 2.05) is 30.3 Å². The largest absolute Gasteiger partial charge is 0.489 e. The lowest BCUT2D eigenvalue weighted by Crippen LogP contribution is -2.21. The van der Waals surface area contributed by atoms with E-state index in [0.717, 1.165) is 11.6 Å². The highest BCUT2D eigenvalue weighted by molar-refractivity contribution is 7.80. The molecule has 0 radical (unpaired) electrons. The molecule has 0 aliphatic carbocycles. The summed E-state index contributed by atoms with van der Waals surface area (Å²) >= 11 is 4.95. The fourth-order valence-electron chi connectivity index (χ4n) is 4.35. The highest BCUT2D eigenvalue weighted by Gasteiger charge is 2.38. The summed E-state index contributed by atoms with van der Waals surface area (Å²) < 4.78 is 88.6. The van der Waals surface area contributed by atoms with Crippen molar-refractivity contribution in [3.63, 3.8) is 0 Å². The number of aromatic nitrogens is 1. The Hall–Kier alpha value is -4.32. The second-order valence-corrected chi connectivity index (χ2v) is 9.39. The second-order valence-electron chi connectivity index (χ2n) is 8.98. The quantitative estimate of drug-likeness (QED) is 0.154. The molecule has 4 aromatic rings. The van der Waals surface area contributed by atoms with Gasteiger partial charge in [-0.2, -0.15) is 26.3 Å². The number of rotatable bonds is 6. The van der Waals surface area contributed by atoms with E-state index in [0.29, 0.717) is 28.4 Å². The van der Waals surface area contributed by atoms with E-state index in [2.05, 4.69) is 10.6 Å². The molecule has 12 heteroatoms. The number of benzene rings is 3. The standard InChI is InChI=1S/C28H19F6N3O2S/c29-27(30,31)19-7-6-17(22(12-19)28(32,33)34)14-37-20(13-23-25(38)36-26(40)35-23)10-18-11-21(8-9-24(18)37)39-15-16-4-2-1-3-5-16/h1-13H,14-15H2,(H2,35,36,38,40)/b23-13+. The number of ether oxygens (including phenoxy) is 1. The first-order valence-electron chi connectivity index (χ1n) is 11.8. The highest BCUT2D eigenvalue weighted by Crippen LogP contribution is 2.38. The fourth-order valence-corrected chi connectivity index (χ4v) is 4.55. The molecule has 0 bridgehead atoms. The Labute approximate surface area is 229 Å². The van der Waals surface area contributed by atoms with Gasteiger partial charge in [0.15, 0.2) is 5.11 Å². The maximum Gasteiger partial charge on any atom is 0.416 e. The Morgan fingerprint density at radius 2 is 1.62 bits per heavy atom. The van der Waals surface area contributed by atoms with Crippen molar-refractivity contribution in [3.8, 4) is 5.75 Å². The molecule has 3 aromatic carbocycles. The SMILES string of the molecule is O=C1NC(=S)N/C1=C/c1cc2cc(OCc3ccccc3)ccc2n1Cc1ccc(C(F)(F)F)cc1C(F)(F)F. The first kappa shape index (κ1) is 27.3. The number of fused-ring (bicyclic) bond motifs is 1. The topological polar surface area (TPSA) is 55.3 Å². The predicted octanol–water partition coefficient (Wildman–Crippen LogP) is 6.65. The van der Waals surface area contributed by atoms with Crippen LogP contribution in [0.5, 0.6) is 5.75 Å². The van der Waals surface area contributed by atoms with Crippen LogP contribution < -0.4 is 15.4 Å². The normalized spacial score (nSPS) is 15.0. The third-order valence-electron chi connectivity index (χ3n) is 6.24. The van der Waals surface area contributed by atoms with E-state index in [1.165, 1.54) is 10.6 Å². The lowest BCUT2D eigenvalue weighted by molar-refractivity contribution is -0.143. The lowest BCUT2D eigenvalue weighted by atomic mass is 10.0. The maximum absolute atomic E-state index is 13.9. The number of carbonyl (C=O) groups excluding carboxylic acids is 1. The molecule has 0 spiro atoms. The van der Waals surface area contributed by atoms with Crippen LogP contribution in [0.25, 0.3) is 17.0 Å². The number of nitrogens with zero attached hydrogens (tertiary/aromatic N) is 1. The Balaban J connectivity index is 1.58. The minimum absolute atomic E-state index is 0.0672. The molecule has 1 aliphatic rings. The third-order valence-corrected chi connectivity index (χ3v) is 6.44. The molecule has 5 rings (SSSR count). The first-order valence-corrected chi connectivity index (χ1v) is 12.2. The Morgan fingerprint density at radius 3 is 2.27 bits per heavy atom. The van der Waals surface area contributed by atoms with Crippen molar-refractivity contribution in [2.24, 2.45) is 0 Å².